The molecule has 1 N–H and O–H groups in total. The summed E-state index contributed by atoms with van der Waals surface area (Å²) in [6, 6.07) is 9.95. The van der Waals surface area contributed by atoms with E-state index in [4.69, 9.17) is 5.11 Å². The number of aliphatic hydroxyl groups excluding tert-OH is 1. The van der Waals surface area contributed by atoms with Crippen LogP contribution in [0.25, 0.3) is 0 Å². The molecule has 1 unspecified atom stereocenters. The van der Waals surface area contributed by atoms with Gasteiger partial charge in [0.25, 0.3) is 0 Å². The Morgan fingerprint density at radius 1 is 1.25 bits per heavy atom. The maximum absolute atomic E-state index is 11.2. The van der Waals surface area contributed by atoms with Crippen LogP contribution < -0.4 is 0 Å². The summed E-state index contributed by atoms with van der Waals surface area (Å²) in [4.78, 5) is 11.2. The highest BCUT2D eigenvalue weighted by molar-refractivity contribution is 5.92. The number of allylic oxidation sites excluding steroid dienone is 4. The molecule has 0 fully saturated rings. The minimum Gasteiger partial charge on any atom is -0.396 e. The molecule has 2 rings (SSSR count). The van der Waals surface area contributed by atoms with Gasteiger partial charge < -0.3 is 5.11 Å². The zero-order valence-corrected chi connectivity index (χ0v) is 15.8. The second-order valence-corrected chi connectivity index (χ2v) is 7.32. The first kappa shape index (κ1) is 20.4. The Morgan fingerprint density at radius 2 is 1.88 bits per heavy atom. The first-order valence-corrected chi connectivity index (χ1v) is 8.78. The van der Waals surface area contributed by atoms with Gasteiger partial charge in [-0.2, -0.15) is 0 Å². The van der Waals surface area contributed by atoms with Crippen LogP contribution in [-0.4, -0.2) is 17.5 Å². The lowest BCUT2D eigenvalue weighted by Gasteiger charge is -2.37. The van der Waals surface area contributed by atoms with Gasteiger partial charge in [-0.05, 0) is 56.6 Å². The fraction of sp³-hybridized carbons (Fsp3) is 0.500. The summed E-state index contributed by atoms with van der Waals surface area (Å²) in [7, 11) is 0. The topological polar surface area (TPSA) is 37.3 Å². The van der Waals surface area contributed by atoms with Gasteiger partial charge in [0.05, 0.1) is 0 Å². The van der Waals surface area contributed by atoms with Crippen molar-refractivity contribution in [3.63, 3.8) is 0 Å². The van der Waals surface area contributed by atoms with E-state index in [9.17, 15) is 4.79 Å². The molecule has 0 radical (unpaired) electrons. The molecule has 0 aliphatic heterocycles. The van der Waals surface area contributed by atoms with Crippen molar-refractivity contribution in [3.8, 4) is 0 Å². The Kier molecular flexibility index (Phi) is 8.14. The SMILES string of the molecule is CC(=O)C(C)=CC1C(C)=CCCC1(C)C.OCCc1ccccc1. The van der Waals surface area contributed by atoms with Crippen molar-refractivity contribution in [1.29, 1.82) is 0 Å². The van der Waals surface area contributed by atoms with Crippen LogP contribution in [0.5, 0.6) is 0 Å². The highest BCUT2D eigenvalue weighted by atomic mass is 16.2. The number of rotatable bonds is 4. The summed E-state index contributed by atoms with van der Waals surface area (Å²) in [6.07, 6.45) is 7.59. The molecule has 0 saturated carbocycles. The van der Waals surface area contributed by atoms with Crippen LogP contribution in [-0.2, 0) is 11.2 Å². The van der Waals surface area contributed by atoms with Gasteiger partial charge >= 0.3 is 0 Å². The van der Waals surface area contributed by atoms with Gasteiger partial charge in [0, 0.05) is 12.5 Å². The van der Waals surface area contributed by atoms with Crippen LogP contribution >= 0.6 is 0 Å². The molecule has 1 aromatic carbocycles. The summed E-state index contributed by atoms with van der Waals surface area (Å²) >= 11 is 0. The number of Topliss-reactive ketones (excluding diaryl/α,β-unsaturated/α-hetero) is 1. The normalized spacial score (nSPS) is 19.8. The van der Waals surface area contributed by atoms with E-state index in [0.717, 1.165) is 12.0 Å². The van der Waals surface area contributed by atoms with Gasteiger partial charge in [-0.15, -0.1) is 0 Å². The number of hydrogen-bond acceptors (Lipinski definition) is 2. The molecule has 24 heavy (non-hydrogen) atoms. The Labute approximate surface area is 147 Å². The lowest BCUT2D eigenvalue weighted by atomic mass is 9.68. The van der Waals surface area contributed by atoms with Gasteiger partial charge in [-0.1, -0.05) is 61.9 Å². The Bertz CT molecular complexity index is 579. The molecule has 0 amide bonds. The molecule has 0 heterocycles. The molecule has 2 heteroatoms. The monoisotopic (exact) mass is 328 g/mol. The van der Waals surface area contributed by atoms with E-state index in [-0.39, 0.29) is 17.8 Å². The van der Waals surface area contributed by atoms with Crippen molar-refractivity contribution in [2.75, 3.05) is 6.61 Å². The van der Waals surface area contributed by atoms with Crippen LogP contribution in [0, 0.1) is 11.3 Å². The van der Waals surface area contributed by atoms with Crippen molar-refractivity contribution in [2.45, 2.75) is 53.9 Å². The Hall–Kier alpha value is -1.67. The van der Waals surface area contributed by atoms with Crippen molar-refractivity contribution < 1.29 is 9.90 Å². The van der Waals surface area contributed by atoms with E-state index in [1.807, 2.05) is 37.3 Å². The predicted octanol–water partition coefficient (Wildman–Crippen LogP) is 5.13. The van der Waals surface area contributed by atoms with Crippen LogP contribution in [0.15, 0.2) is 53.6 Å². The Balaban J connectivity index is 0.000000272. The molecule has 0 aromatic heterocycles. The average molecular weight is 328 g/mol. The van der Waals surface area contributed by atoms with E-state index in [1.165, 1.54) is 24.0 Å². The second-order valence-electron chi connectivity index (χ2n) is 7.32. The molecule has 0 spiro atoms. The first-order chi connectivity index (χ1) is 11.3. The van der Waals surface area contributed by atoms with E-state index >= 15 is 0 Å². The fourth-order valence-corrected chi connectivity index (χ4v) is 3.07. The molecule has 0 saturated heterocycles. The Morgan fingerprint density at radius 3 is 2.38 bits per heavy atom. The maximum Gasteiger partial charge on any atom is 0.155 e. The molecule has 1 atom stereocenters. The van der Waals surface area contributed by atoms with Crippen molar-refractivity contribution in [1.82, 2.24) is 0 Å². The molecule has 1 aromatic rings. The second kappa shape index (κ2) is 9.58. The first-order valence-electron chi connectivity index (χ1n) is 8.78. The molecule has 2 nitrogen and oxygen atoms in total. The van der Waals surface area contributed by atoms with Crippen molar-refractivity contribution in [2.24, 2.45) is 11.3 Å². The molecule has 132 valence electrons. The van der Waals surface area contributed by atoms with E-state index < -0.39 is 0 Å². The third-order valence-corrected chi connectivity index (χ3v) is 4.80. The van der Waals surface area contributed by atoms with Crippen molar-refractivity contribution >= 4 is 5.78 Å². The number of benzene rings is 1. The summed E-state index contributed by atoms with van der Waals surface area (Å²) in [5, 5.41) is 8.52. The standard InChI is InChI=1S/C14H22O.C8H10O/c1-10-7-6-8-14(4,5)13(10)9-11(2)12(3)15;9-7-6-8-4-2-1-3-5-8/h7,9,13H,6,8H2,1-5H3;1-5,9H,6-7H2. The average Bonchev–Trinajstić information content (AvgIpc) is 2.52. The highest BCUT2D eigenvalue weighted by Crippen LogP contribution is 2.42. The number of ketones is 1. The molecule has 1 aliphatic carbocycles. The van der Waals surface area contributed by atoms with Crippen LogP contribution in [0.1, 0.15) is 53.0 Å². The summed E-state index contributed by atoms with van der Waals surface area (Å²) in [5.74, 6) is 0.610. The molecule has 1 aliphatic rings. The zero-order valence-electron chi connectivity index (χ0n) is 15.8. The molecular formula is C22H32O2. The largest absolute Gasteiger partial charge is 0.396 e. The minimum atomic E-state index is 0.184. The van der Waals surface area contributed by atoms with E-state index in [0.29, 0.717) is 5.92 Å². The van der Waals surface area contributed by atoms with Gasteiger partial charge in [0.1, 0.15) is 0 Å². The summed E-state index contributed by atoms with van der Waals surface area (Å²) < 4.78 is 0. The summed E-state index contributed by atoms with van der Waals surface area (Å²) in [6.45, 7) is 10.6. The smallest absolute Gasteiger partial charge is 0.155 e. The number of aliphatic hydroxyl groups is 1. The van der Waals surface area contributed by atoms with Crippen molar-refractivity contribution in [3.05, 3.63) is 59.2 Å². The quantitative estimate of drug-likeness (QED) is 0.615. The summed E-state index contributed by atoms with van der Waals surface area (Å²) in [5.41, 5.74) is 3.78. The molecule has 0 bridgehead atoms. The third kappa shape index (κ3) is 6.45. The van der Waals surface area contributed by atoms with Crippen LogP contribution in [0.3, 0.4) is 0 Å². The number of hydrogen-bond donors (Lipinski definition) is 1. The third-order valence-electron chi connectivity index (χ3n) is 4.80. The van der Waals surface area contributed by atoms with E-state index in [1.54, 1.807) is 6.92 Å². The highest BCUT2D eigenvalue weighted by Gasteiger charge is 2.31. The minimum absolute atomic E-state index is 0.184. The van der Waals surface area contributed by atoms with Gasteiger partial charge in [0.15, 0.2) is 5.78 Å². The predicted molar refractivity (Wildman–Crippen MR) is 102 cm³/mol. The lowest BCUT2D eigenvalue weighted by Crippen LogP contribution is -2.26. The van der Waals surface area contributed by atoms with E-state index in [2.05, 4.69) is 32.9 Å². The van der Waals surface area contributed by atoms with Gasteiger partial charge in [-0.25, -0.2) is 0 Å². The number of carbonyl (C=O) groups excluding carboxylic acids is 1. The van der Waals surface area contributed by atoms with Gasteiger partial charge in [0.2, 0.25) is 0 Å². The fourth-order valence-electron chi connectivity index (χ4n) is 3.07. The molecular weight excluding hydrogens is 296 g/mol. The van der Waals surface area contributed by atoms with Gasteiger partial charge in [-0.3, -0.25) is 4.79 Å². The zero-order chi connectivity index (χ0) is 18.2. The number of carbonyl (C=O) groups is 1. The van der Waals surface area contributed by atoms with Crippen LogP contribution in [0.2, 0.25) is 0 Å². The lowest BCUT2D eigenvalue weighted by molar-refractivity contribution is -0.113. The maximum atomic E-state index is 11.2. The van der Waals surface area contributed by atoms with Crippen LogP contribution in [0.4, 0.5) is 0 Å².